The van der Waals surface area contributed by atoms with E-state index in [1.807, 2.05) is 37.3 Å². The predicted molar refractivity (Wildman–Crippen MR) is 78.0 cm³/mol. The van der Waals surface area contributed by atoms with Gasteiger partial charge in [-0.2, -0.15) is 0 Å². The summed E-state index contributed by atoms with van der Waals surface area (Å²) in [7, 11) is 0. The van der Waals surface area contributed by atoms with E-state index in [-0.39, 0.29) is 0 Å². The lowest BCUT2D eigenvalue weighted by Gasteiger charge is -2.11. The van der Waals surface area contributed by atoms with Crippen molar-refractivity contribution in [2.24, 2.45) is 5.73 Å². The van der Waals surface area contributed by atoms with Crippen LogP contribution in [0.15, 0.2) is 41.0 Å². The molecule has 0 unspecified atom stereocenters. The Bertz CT molecular complexity index is 535. The number of hydrogen-bond donors (Lipinski definition) is 2. The largest absolute Gasteiger partial charge is 0.469 e. The molecule has 2 rings (SSSR count). The van der Waals surface area contributed by atoms with Crippen molar-refractivity contribution in [3.63, 3.8) is 0 Å². The molecule has 4 heteroatoms. The van der Waals surface area contributed by atoms with E-state index in [0.29, 0.717) is 4.99 Å². The third-order valence-corrected chi connectivity index (χ3v) is 2.93. The maximum Gasteiger partial charge on any atom is 0.106 e. The summed E-state index contributed by atoms with van der Waals surface area (Å²) >= 11 is 5.06. The van der Waals surface area contributed by atoms with Crippen LogP contribution >= 0.6 is 12.2 Å². The third-order valence-electron chi connectivity index (χ3n) is 2.71. The Morgan fingerprint density at radius 3 is 2.89 bits per heavy atom. The van der Waals surface area contributed by atoms with Crippen LogP contribution in [0.3, 0.4) is 0 Å². The lowest BCUT2D eigenvalue weighted by Crippen LogP contribution is -2.14. The summed E-state index contributed by atoms with van der Waals surface area (Å²) in [4.78, 5) is 0.416. The van der Waals surface area contributed by atoms with Crippen LogP contribution in [0.2, 0.25) is 0 Å². The van der Waals surface area contributed by atoms with Crippen molar-refractivity contribution in [3.8, 4) is 0 Å². The molecule has 0 radical (unpaired) electrons. The van der Waals surface area contributed by atoms with Gasteiger partial charge in [0, 0.05) is 24.2 Å². The standard InChI is InChI=1S/C14H16N2OS/c1-10-4-5-13(12(9-10)14(15)18)16-7-6-11-3-2-8-17-11/h2-5,8-9,16H,6-7H2,1H3,(H2,15,18). The highest BCUT2D eigenvalue weighted by Crippen LogP contribution is 2.17. The van der Waals surface area contributed by atoms with Gasteiger partial charge in [0.1, 0.15) is 10.7 Å². The van der Waals surface area contributed by atoms with E-state index in [0.717, 1.165) is 35.5 Å². The summed E-state index contributed by atoms with van der Waals surface area (Å²) in [6, 6.07) is 9.90. The van der Waals surface area contributed by atoms with Gasteiger partial charge in [-0.15, -0.1) is 0 Å². The number of nitrogens with one attached hydrogen (secondary N) is 1. The summed E-state index contributed by atoms with van der Waals surface area (Å²) in [6.07, 6.45) is 2.51. The highest BCUT2D eigenvalue weighted by Gasteiger charge is 2.05. The third kappa shape index (κ3) is 3.11. The molecule has 1 aromatic carbocycles. The zero-order valence-electron chi connectivity index (χ0n) is 10.3. The lowest BCUT2D eigenvalue weighted by atomic mass is 10.1. The molecule has 18 heavy (non-hydrogen) atoms. The van der Waals surface area contributed by atoms with Gasteiger partial charge in [-0.25, -0.2) is 0 Å². The molecule has 0 aliphatic carbocycles. The molecular formula is C14H16N2OS. The normalized spacial score (nSPS) is 10.3. The Hall–Kier alpha value is -1.81. The predicted octanol–water partition coefficient (Wildman–Crippen LogP) is 2.88. The second kappa shape index (κ2) is 5.69. The van der Waals surface area contributed by atoms with Crippen LogP contribution in [-0.4, -0.2) is 11.5 Å². The highest BCUT2D eigenvalue weighted by molar-refractivity contribution is 7.80. The molecule has 0 aliphatic heterocycles. The van der Waals surface area contributed by atoms with Crippen LogP contribution in [0.1, 0.15) is 16.9 Å². The van der Waals surface area contributed by atoms with Crippen LogP contribution in [0, 0.1) is 6.92 Å². The Morgan fingerprint density at radius 1 is 1.39 bits per heavy atom. The molecule has 1 aromatic heterocycles. The molecule has 3 nitrogen and oxygen atoms in total. The summed E-state index contributed by atoms with van der Waals surface area (Å²) < 4.78 is 5.28. The van der Waals surface area contributed by atoms with Crippen LogP contribution in [0.25, 0.3) is 0 Å². The number of thiocarbonyl (C=S) groups is 1. The van der Waals surface area contributed by atoms with E-state index in [4.69, 9.17) is 22.4 Å². The Labute approximate surface area is 112 Å². The van der Waals surface area contributed by atoms with Crippen molar-refractivity contribution in [2.75, 3.05) is 11.9 Å². The first-order chi connectivity index (χ1) is 8.66. The quantitative estimate of drug-likeness (QED) is 0.812. The van der Waals surface area contributed by atoms with Crippen molar-refractivity contribution < 1.29 is 4.42 Å². The molecule has 0 spiro atoms. The Kier molecular flexibility index (Phi) is 3.99. The van der Waals surface area contributed by atoms with E-state index >= 15 is 0 Å². The molecule has 2 aromatic rings. The van der Waals surface area contributed by atoms with Crippen molar-refractivity contribution in [3.05, 3.63) is 53.5 Å². The zero-order valence-corrected chi connectivity index (χ0v) is 11.1. The minimum atomic E-state index is 0.416. The summed E-state index contributed by atoms with van der Waals surface area (Å²) in [5.74, 6) is 0.964. The van der Waals surface area contributed by atoms with Gasteiger partial charge < -0.3 is 15.5 Å². The monoisotopic (exact) mass is 260 g/mol. The molecule has 0 bridgehead atoms. The molecule has 3 N–H and O–H groups in total. The lowest BCUT2D eigenvalue weighted by molar-refractivity contribution is 0.513. The first-order valence-corrected chi connectivity index (χ1v) is 6.24. The molecule has 0 amide bonds. The number of benzene rings is 1. The van der Waals surface area contributed by atoms with Gasteiger partial charge in [-0.05, 0) is 31.2 Å². The number of furan rings is 1. The number of aryl methyl sites for hydroxylation is 1. The van der Waals surface area contributed by atoms with Gasteiger partial charge in [0.2, 0.25) is 0 Å². The van der Waals surface area contributed by atoms with E-state index in [1.165, 1.54) is 0 Å². The van der Waals surface area contributed by atoms with Crippen LogP contribution in [-0.2, 0) is 6.42 Å². The molecule has 0 aliphatic rings. The van der Waals surface area contributed by atoms with Gasteiger partial charge >= 0.3 is 0 Å². The van der Waals surface area contributed by atoms with Gasteiger partial charge in [-0.3, -0.25) is 0 Å². The number of rotatable bonds is 5. The second-order valence-corrected chi connectivity index (χ2v) is 4.61. The molecule has 0 atom stereocenters. The number of hydrogen-bond acceptors (Lipinski definition) is 3. The number of nitrogens with two attached hydrogens (primary N) is 1. The zero-order chi connectivity index (χ0) is 13.0. The van der Waals surface area contributed by atoms with Crippen molar-refractivity contribution >= 4 is 22.9 Å². The average Bonchev–Trinajstić information content (AvgIpc) is 2.84. The molecule has 0 fully saturated rings. The van der Waals surface area contributed by atoms with Gasteiger partial charge in [0.25, 0.3) is 0 Å². The summed E-state index contributed by atoms with van der Waals surface area (Å²) in [5.41, 5.74) is 8.74. The van der Waals surface area contributed by atoms with E-state index < -0.39 is 0 Å². The van der Waals surface area contributed by atoms with Crippen molar-refractivity contribution in [2.45, 2.75) is 13.3 Å². The fourth-order valence-electron chi connectivity index (χ4n) is 1.79. The first-order valence-electron chi connectivity index (χ1n) is 5.83. The topological polar surface area (TPSA) is 51.2 Å². The highest BCUT2D eigenvalue weighted by atomic mass is 32.1. The van der Waals surface area contributed by atoms with E-state index in [2.05, 4.69) is 5.32 Å². The first kappa shape index (κ1) is 12.6. The summed E-state index contributed by atoms with van der Waals surface area (Å²) in [6.45, 7) is 2.81. The van der Waals surface area contributed by atoms with E-state index in [1.54, 1.807) is 6.26 Å². The second-order valence-electron chi connectivity index (χ2n) is 4.17. The molecule has 1 heterocycles. The minimum absolute atomic E-state index is 0.416. The Morgan fingerprint density at radius 2 is 2.22 bits per heavy atom. The minimum Gasteiger partial charge on any atom is -0.469 e. The van der Waals surface area contributed by atoms with E-state index in [9.17, 15) is 0 Å². The SMILES string of the molecule is Cc1ccc(NCCc2ccco2)c(C(N)=S)c1. The average molecular weight is 260 g/mol. The van der Waals surface area contributed by atoms with Gasteiger partial charge in [0.05, 0.1) is 6.26 Å². The maximum atomic E-state index is 5.72. The van der Waals surface area contributed by atoms with Crippen molar-refractivity contribution in [1.29, 1.82) is 0 Å². The van der Waals surface area contributed by atoms with Crippen LogP contribution in [0.5, 0.6) is 0 Å². The fourth-order valence-corrected chi connectivity index (χ4v) is 1.96. The van der Waals surface area contributed by atoms with Crippen LogP contribution < -0.4 is 11.1 Å². The maximum absolute atomic E-state index is 5.72. The van der Waals surface area contributed by atoms with Gasteiger partial charge in [-0.1, -0.05) is 23.8 Å². The molecule has 94 valence electrons. The Balaban J connectivity index is 2.02. The van der Waals surface area contributed by atoms with Crippen LogP contribution in [0.4, 0.5) is 5.69 Å². The van der Waals surface area contributed by atoms with Crippen molar-refractivity contribution in [1.82, 2.24) is 0 Å². The number of anilines is 1. The molecule has 0 saturated carbocycles. The fraction of sp³-hybridized carbons (Fsp3) is 0.214. The smallest absolute Gasteiger partial charge is 0.106 e. The van der Waals surface area contributed by atoms with Gasteiger partial charge in [0.15, 0.2) is 0 Å². The summed E-state index contributed by atoms with van der Waals surface area (Å²) in [5, 5.41) is 3.33. The molecule has 0 saturated heterocycles. The molecular weight excluding hydrogens is 244 g/mol.